The highest BCUT2D eigenvalue weighted by atomic mass is 79.9. The van der Waals surface area contributed by atoms with Crippen LogP contribution < -0.4 is 4.74 Å². The van der Waals surface area contributed by atoms with Crippen molar-refractivity contribution < 1.29 is 26.7 Å². The minimum Gasteiger partial charge on any atom is -0.387 e. The maximum atomic E-state index is 12.5. The molecule has 0 radical (unpaired) electrons. The van der Waals surface area contributed by atoms with E-state index >= 15 is 0 Å². The van der Waals surface area contributed by atoms with Gasteiger partial charge < -0.3 is 4.74 Å². The lowest BCUT2D eigenvalue weighted by Crippen LogP contribution is -2.19. The molecule has 0 aliphatic rings. The van der Waals surface area contributed by atoms with Crippen molar-refractivity contribution in [2.24, 2.45) is 0 Å². The number of pyridine rings is 1. The summed E-state index contributed by atoms with van der Waals surface area (Å²) in [6, 6.07) is 0.900. The Morgan fingerprint density at radius 2 is 1.94 bits per heavy atom. The second-order valence-corrected chi connectivity index (χ2v) is 4.13. The largest absolute Gasteiger partial charge is 0.574 e. The zero-order chi connectivity index (χ0) is 13.2. The van der Waals surface area contributed by atoms with Crippen molar-refractivity contribution in [2.45, 2.75) is 18.1 Å². The molecule has 0 saturated carbocycles. The number of hydrogen-bond donors (Lipinski definition) is 0. The average molecular weight is 385 g/mol. The van der Waals surface area contributed by atoms with Gasteiger partial charge in [-0.3, -0.25) is 0 Å². The summed E-state index contributed by atoms with van der Waals surface area (Å²) in [6.07, 6.45) is -8.17. The van der Waals surface area contributed by atoms with Gasteiger partial charge in [0.05, 0.1) is 5.56 Å². The SMILES string of the molecule is FC(F)c1cc(CBr)c(Br)nc1OC(F)(F)F. The molecular weight excluding hydrogens is 381 g/mol. The number of ether oxygens (including phenoxy) is 1. The molecule has 0 aliphatic heterocycles. The van der Waals surface area contributed by atoms with E-state index in [2.05, 4.69) is 41.6 Å². The van der Waals surface area contributed by atoms with Gasteiger partial charge >= 0.3 is 6.36 Å². The first-order valence-corrected chi connectivity index (χ1v) is 5.95. The Balaban J connectivity index is 3.23. The van der Waals surface area contributed by atoms with Gasteiger partial charge in [-0.25, -0.2) is 13.8 Å². The fourth-order valence-electron chi connectivity index (χ4n) is 0.976. The van der Waals surface area contributed by atoms with E-state index in [1.807, 2.05) is 0 Å². The number of alkyl halides is 6. The molecule has 17 heavy (non-hydrogen) atoms. The summed E-state index contributed by atoms with van der Waals surface area (Å²) < 4.78 is 64.4. The molecule has 96 valence electrons. The molecule has 2 nitrogen and oxygen atoms in total. The number of halogens is 7. The fourth-order valence-corrected chi connectivity index (χ4v) is 2.20. The normalized spacial score (nSPS) is 12.0. The van der Waals surface area contributed by atoms with Gasteiger partial charge in [0.1, 0.15) is 4.60 Å². The molecule has 0 atom stereocenters. The highest BCUT2D eigenvalue weighted by Crippen LogP contribution is 2.34. The van der Waals surface area contributed by atoms with Crippen molar-refractivity contribution in [3.8, 4) is 5.88 Å². The summed E-state index contributed by atoms with van der Waals surface area (Å²) in [5.74, 6) is -1.15. The standard InChI is InChI=1S/C8H4Br2F5NO/c9-2-3-1-4(6(11)12)7(16-5(3)10)17-8(13,14)15/h1,6H,2H2. The van der Waals surface area contributed by atoms with Crippen LogP contribution >= 0.6 is 31.9 Å². The first-order chi connectivity index (χ1) is 7.74. The minimum atomic E-state index is -5.06. The first kappa shape index (κ1) is 14.6. The maximum Gasteiger partial charge on any atom is 0.574 e. The summed E-state index contributed by atoms with van der Waals surface area (Å²) in [6.45, 7) is 0. The molecule has 1 aromatic heterocycles. The van der Waals surface area contributed by atoms with E-state index < -0.39 is 24.2 Å². The molecule has 0 amide bonds. The van der Waals surface area contributed by atoms with Gasteiger partial charge in [0.15, 0.2) is 0 Å². The van der Waals surface area contributed by atoms with Crippen LogP contribution in [0.2, 0.25) is 0 Å². The molecule has 0 N–H and O–H groups in total. The molecule has 1 rings (SSSR count). The van der Waals surface area contributed by atoms with Crippen LogP contribution in [0, 0.1) is 0 Å². The molecule has 0 bridgehead atoms. The molecule has 1 heterocycles. The third-order valence-electron chi connectivity index (χ3n) is 1.63. The van der Waals surface area contributed by atoms with Crippen LogP contribution in [0.1, 0.15) is 17.6 Å². The first-order valence-electron chi connectivity index (χ1n) is 4.03. The van der Waals surface area contributed by atoms with Crippen molar-refractivity contribution in [2.75, 3.05) is 0 Å². The Hall–Kier alpha value is -0.440. The van der Waals surface area contributed by atoms with E-state index in [-0.39, 0.29) is 9.93 Å². The lowest BCUT2D eigenvalue weighted by atomic mass is 10.2. The van der Waals surface area contributed by atoms with E-state index in [0.29, 0.717) is 5.56 Å². The summed E-state index contributed by atoms with van der Waals surface area (Å²) in [5, 5.41) is 0.173. The Bertz CT molecular complexity index is 410. The predicted octanol–water partition coefficient (Wildman–Crippen LogP) is 4.58. The van der Waals surface area contributed by atoms with E-state index in [1.54, 1.807) is 0 Å². The molecule has 0 spiro atoms. The van der Waals surface area contributed by atoms with Gasteiger partial charge in [0.25, 0.3) is 6.43 Å². The lowest BCUT2D eigenvalue weighted by molar-refractivity contribution is -0.276. The van der Waals surface area contributed by atoms with Gasteiger partial charge in [-0.1, -0.05) is 15.9 Å². The summed E-state index contributed by atoms with van der Waals surface area (Å²) in [7, 11) is 0. The number of aromatic nitrogens is 1. The Kier molecular flexibility index (Phi) is 4.70. The van der Waals surface area contributed by atoms with E-state index in [1.165, 1.54) is 0 Å². The second kappa shape index (κ2) is 5.47. The van der Waals surface area contributed by atoms with Gasteiger partial charge in [-0.05, 0) is 27.6 Å². The third-order valence-corrected chi connectivity index (χ3v) is 2.92. The zero-order valence-corrected chi connectivity index (χ0v) is 11.0. The van der Waals surface area contributed by atoms with Crippen LogP contribution in [0.4, 0.5) is 22.0 Å². The number of nitrogens with zero attached hydrogens (tertiary/aromatic N) is 1. The Morgan fingerprint density at radius 1 is 1.35 bits per heavy atom. The highest BCUT2D eigenvalue weighted by molar-refractivity contribution is 9.10. The topological polar surface area (TPSA) is 22.1 Å². The average Bonchev–Trinajstić information content (AvgIpc) is 2.14. The molecular formula is C8H4Br2F5NO. The molecule has 0 fully saturated rings. The van der Waals surface area contributed by atoms with Crippen LogP contribution in [0.15, 0.2) is 10.7 Å². The molecule has 9 heteroatoms. The molecule has 1 aromatic rings. The van der Waals surface area contributed by atoms with Crippen molar-refractivity contribution in [1.29, 1.82) is 0 Å². The third kappa shape index (κ3) is 4.06. The maximum absolute atomic E-state index is 12.5. The van der Waals surface area contributed by atoms with Crippen molar-refractivity contribution in [3.63, 3.8) is 0 Å². The van der Waals surface area contributed by atoms with Crippen molar-refractivity contribution in [3.05, 3.63) is 21.8 Å². The van der Waals surface area contributed by atoms with E-state index in [4.69, 9.17) is 0 Å². The quantitative estimate of drug-likeness (QED) is 0.432. The molecule has 0 saturated heterocycles. The van der Waals surface area contributed by atoms with Gasteiger partial charge in [0.2, 0.25) is 5.88 Å². The lowest BCUT2D eigenvalue weighted by Gasteiger charge is -2.13. The Labute approximate surface area is 109 Å². The van der Waals surface area contributed by atoms with Crippen LogP contribution in [-0.4, -0.2) is 11.3 Å². The van der Waals surface area contributed by atoms with Crippen LogP contribution in [-0.2, 0) is 5.33 Å². The zero-order valence-electron chi connectivity index (χ0n) is 7.86. The second-order valence-electron chi connectivity index (χ2n) is 2.81. The fraction of sp³-hybridized carbons (Fsp3) is 0.375. The van der Waals surface area contributed by atoms with Crippen molar-refractivity contribution in [1.82, 2.24) is 4.98 Å². The highest BCUT2D eigenvalue weighted by Gasteiger charge is 2.34. The number of rotatable bonds is 3. The van der Waals surface area contributed by atoms with E-state index in [0.717, 1.165) is 6.07 Å². The van der Waals surface area contributed by atoms with Gasteiger partial charge in [-0.2, -0.15) is 0 Å². The molecule has 0 aromatic carbocycles. The summed E-state index contributed by atoms with van der Waals surface area (Å²) in [5.41, 5.74) is -0.602. The van der Waals surface area contributed by atoms with Crippen molar-refractivity contribution >= 4 is 31.9 Å². The summed E-state index contributed by atoms with van der Waals surface area (Å²) in [4.78, 5) is 3.31. The monoisotopic (exact) mass is 383 g/mol. The predicted molar refractivity (Wildman–Crippen MR) is 56.2 cm³/mol. The van der Waals surface area contributed by atoms with E-state index in [9.17, 15) is 22.0 Å². The molecule has 0 unspecified atom stereocenters. The van der Waals surface area contributed by atoms with Crippen LogP contribution in [0.25, 0.3) is 0 Å². The Morgan fingerprint density at radius 3 is 2.35 bits per heavy atom. The summed E-state index contributed by atoms with van der Waals surface area (Å²) >= 11 is 5.86. The van der Waals surface area contributed by atoms with Gasteiger partial charge in [-0.15, -0.1) is 13.2 Å². The minimum absolute atomic E-state index is 0.0121. The van der Waals surface area contributed by atoms with Crippen LogP contribution in [0.3, 0.4) is 0 Å². The van der Waals surface area contributed by atoms with Gasteiger partial charge in [0, 0.05) is 5.33 Å². The van der Waals surface area contributed by atoms with Crippen LogP contribution in [0.5, 0.6) is 5.88 Å². The molecule has 0 aliphatic carbocycles. The smallest absolute Gasteiger partial charge is 0.387 e. The number of hydrogen-bond acceptors (Lipinski definition) is 2.